The fraction of sp³-hybridized carbons (Fsp3) is 0.300. The van der Waals surface area contributed by atoms with Crippen LogP contribution in [0.3, 0.4) is 0 Å². The summed E-state index contributed by atoms with van der Waals surface area (Å²) in [7, 11) is 1.84. The number of nitrogens with zero attached hydrogens (tertiary/aromatic N) is 2. The summed E-state index contributed by atoms with van der Waals surface area (Å²) in [6.45, 7) is 3.13. The molecule has 0 bridgehead atoms. The molecule has 3 heteroatoms. The molecule has 0 radical (unpaired) electrons. The highest BCUT2D eigenvalue weighted by molar-refractivity contribution is 7.16. The molecule has 0 amide bonds. The lowest BCUT2D eigenvalue weighted by atomic mass is 10.3. The van der Waals surface area contributed by atoms with E-state index in [9.17, 15) is 0 Å². The Kier molecular flexibility index (Phi) is 2.19. The fourth-order valence-electron chi connectivity index (χ4n) is 1.49. The molecular weight excluding hydrogens is 180 g/mol. The van der Waals surface area contributed by atoms with Crippen LogP contribution in [-0.2, 0) is 6.54 Å². The van der Waals surface area contributed by atoms with Crippen LogP contribution in [0.25, 0.3) is 10.2 Å². The van der Waals surface area contributed by atoms with Gasteiger partial charge in [-0.05, 0) is 19.1 Å². The van der Waals surface area contributed by atoms with Crippen molar-refractivity contribution in [2.45, 2.75) is 13.5 Å². The molecule has 1 aromatic carbocycles. The number of benzene rings is 1. The molecule has 2 nitrogen and oxygen atoms in total. The quantitative estimate of drug-likeness (QED) is 0.659. The highest BCUT2D eigenvalue weighted by Crippen LogP contribution is 2.15. The molecule has 0 spiro atoms. The van der Waals surface area contributed by atoms with E-state index in [2.05, 4.69) is 40.7 Å². The van der Waals surface area contributed by atoms with Crippen LogP contribution in [0.15, 0.2) is 29.3 Å². The van der Waals surface area contributed by atoms with Gasteiger partial charge < -0.3 is 4.57 Å². The zero-order valence-electron chi connectivity index (χ0n) is 7.82. The van der Waals surface area contributed by atoms with E-state index in [1.165, 1.54) is 10.2 Å². The topological polar surface area (TPSA) is 17.3 Å². The van der Waals surface area contributed by atoms with E-state index in [1.807, 2.05) is 7.05 Å². The van der Waals surface area contributed by atoms with Gasteiger partial charge in [-0.1, -0.05) is 23.5 Å². The molecule has 0 fully saturated rings. The minimum Gasteiger partial charge on any atom is -0.317 e. The first kappa shape index (κ1) is 8.51. The van der Waals surface area contributed by atoms with E-state index >= 15 is 0 Å². The van der Waals surface area contributed by atoms with Crippen molar-refractivity contribution in [2.75, 3.05) is 7.05 Å². The second-order valence-electron chi connectivity index (χ2n) is 2.82. The van der Waals surface area contributed by atoms with Gasteiger partial charge in [0.25, 0.3) is 0 Å². The van der Waals surface area contributed by atoms with Gasteiger partial charge >= 0.3 is 0 Å². The molecule has 0 saturated carbocycles. The first-order valence-corrected chi connectivity index (χ1v) is 5.19. The summed E-state index contributed by atoms with van der Waals surface area (Å²) >= 11 is 1.74. The monoisotopic (exact) mass is 192 g/mol. The number of thiazole rings is 1. The first-order chi connectivity index (χ1) is 6.36. The second-order valence-corrected chi connectivity index (χ2v) is 3.83. The lowest BCUT2D eigenvalue weighted by Gasteiger charge is -1.98. The summed E-state index contributed by atoms with van der Waals surface area (Å²) in [4.78, 5) is 5.36. The van der Waals surface area contributed by atoms with Crippen molar-refractivity contribution in [2.24, 2.45) is 4.99 Å². The van der Waals surface area contributed by atoms with Gasteiger partial charge in [0.15, 0.2) is 4.80 Å². The van der Waals surface area contributed by atoms with Crippen LogP contribution < -0.4 is 4.80 Å². The number of rotatable bonds is 1. The molecule has 0 atom stereocenters. The Morgan fingerprint density at radius 3 is 2.85 bits per heavy atom. The molecule has 0 aliphatic rings. The van der Waals surface area contributed by atoms with Crippen molar-refractivity contribution in [3.63, 3.8) is 0 Å². The SMILES string of the molecule is CCn1/c(=N/C)sc2ccccc21. The highest BCUT2D eigenvalue weighted by atomic mass is 32.1. The van der Waals surface area contributed by atoms with Crippen molar-refractivity contribution in [3.05, 3.63) is 29.1 Å². The molecular formula is C10H12N2S. The summed E-state index contributed by atoms with van der Waals surface area (Å²) in [5.74, 6) is 0. The predicted octanol–water partition coefficient (Wildman–Crippen LogP) is 2.25. The zero-order valence-corrected chi connectivity index (χ0v) is 8.64. The Morgan fingerprint density at radius 2 is 2.15 bits per heavy atom. The van der Waals surface area contributed by atoms with Crippen LogP contribution in [0.5, 0.6) is 0 Å². The van der Waals surface area contributed by atoms with E-state index < -0.39 is 0 Å². The zero-order chi connectivity index (χ0) is 9.26. The van der Waals surface area contributed by atoms with Crippen LogP contribution in [0.2, 0.25) is 0 Å². The minimum atomic E-state index is 0.983. The van der Waals surface area contributed by atoms with E-state index in [1.54, 1.807) is 11.3 Å². The molecule has 1 aromatic heterocycles. The summed E-state index contributed by atoms with van der Waals surface area (Å²) in [6, 6.07) is 8.42. The Morgan fingerprint density at radius 1 is 1.38 bits per heavy atom. The minimum absolute atomic E-state index is 0.983. The molecule has 68 valence electrons. The van der Waals surface area contributed by atoms with Crippen molar-refractivity contribution in [1.29, 1.82) is 0 Å². The summed E-state index contributed by atoms with van der Waals surface area (Å²) in [6.07, 6.45) is 0. The maximum absolute atomic E-state index is 4.26. The van der Waals surface area contributed by atoms with Gasteiger partial charge in [0.1, 0.15) is 0 Å². The molecule has 1 heterocycles. The Bertz CT molecular complexity index is 479. The van der Waals surface area contributed by atoms with Crippen LogP contribution in [0.4, 0.5) is 0 Å². The smallest absolute Gasteiger partial charge is 0.185 e. The average molecular weight is 192 g/mol. The Balaban J connectivity index is 2.90. The third kappa shape index (κ3) is 1.29. The van der Waals surface area contributed by atoms with Gasteiger partial charge in [-0.15, -0.1) is 0 Å². The van der Waals surface area contributed by atoms with Gasteiger partial charge in [-0.25, -0.2) is 0 Å². The number of aromatic nitrogens is 1. The number of hydrogen-bond donors (Lipinski definition) is 0. The van der Waals surface area contributed by atoms with E-state index in [0.29, 0.717) is 0 Å². The van der Waals surface area contributed by atoms with Crippen LogP contribution >= 0.6 is 11.3 Å². The van der Waals surface area contributed by atoms with Gasteiger partial charge in [0.2, 0.25) is 0 Å². The Labute approximate surface area is 81.2 Å². The number of hydrogen-bond acceptors (Lipinski definition) is 2. The number of fused-ring (bicyclic) bond motifs is 1. The lowest BCUT2D eigenvalue weighted by molar-refractivity contribution is 0.762. The molecule has 0 unspecified atom stereocenters. The largest absolute Gasteiger partial charge is 0.317 e. The van der Waals surface area contributed by atoms with E-state index in [4.69, 9.17) is 0 Å². The first-order valence-electron chi connectivity index (χ1n) is 4.38. The van der Waals surface area contributed by atoms with E-state index in [-0.39, 0.29) is 0 Å². The van der Waals surface area contributed by atoms with Gasteiger partial charge in [0.05, 0.1) is 10.2 Å². The third-order valence-electron chi connectivity index (χ3n) is 2.10. The molecule has 2 aromatic rings. The van der Waals surface area contributed by atoms with Crippen molar-refractivity contribution in [1.82, 2.24) is 4.57 Å². The van der Waals surface area contributed by atoms with Gasteiger partial charge in [-0.2, -0.15) is 0 Å². The van der Waals surface area contributed by atoms with Crippen molar-refractivity contribution < 1.29 is 0 Å². The second kappa shape index (κ2) is 3.34. The number of aryl methyl sites for hydroxylation is 1. The summed E-state index contributed by atoms with van der Waals surface area (Å²) < 4.78 is 3.55. The van der Waals surface area contributed by atoms with E-state index in [0.717, 1.165) is 11.3 Å². The van der Waals surface area contributed by atoms with Gasteiger partial charge in [0, 0.05) is 13.6 Å². The fourth-order valence-corrected chi connectivity index (χ4v) is 2.55. The molecule has 0 N–H and O–H groups in total. The van der Waals surface area contributed by atoms with Crippen LogP contribution in [0, 0.1) is 0 Å². The third-order valence-corrected chi connectivity index (χ3v) is 3.25. The lowest BCUT2D eigenvalue weighted by Crippen LogP contribution is -2.12. The van der Waals surface area contributed by atoms with Crippen LogP contribution in [0.1, 0.15) is 6.92 Å². The number of para-hydroxylation sites is 1. The van der Waals surface area contributed by atoms with Gasteiger partial charge in [-0.3, -0.25) is 4.99 Å². The molecule has 0 aliphatic carbocycles. The highest BCUT2D eigenvalue weighted by Gasteiger charge is 2.01. The van der Waals surface area contributed by atoms with Crippen molar-refractivity contribution >= 4 is 21.6 Å². The Hall–Kier alpha value is -1.09. The maximum atomic E-state index is 4.26. The average Bonchev–Trinajstić information content (AvgIpc) is 2.55. The normalized spacial score (nSPS) is 12.6. The van der Waals surface area contributed by atoms with Crippen molar-refractivity contribution in [3.8, 4) is 0 Å². The molecule has 0 saturated heterocycles. The molecule has 13 heavy (non-hydrogen) atoms. The summed E-state index contributed by atoms with van der Waals surface area (Å²) in [5, 5.41) is 0. The molecule has 2 rings (SSSR count). The maximum Gasteiger partial charge on any atom is 0.185 e. The molecule has 0 aliphatic heterocycles. The van der Waals surface area contributed by atoms with Crippen LogP contribution in [-0.4, -0.2) is 11.6 Å². The predicted molar refractivity (Wildman–Crippen MR) is 57.0 cm³/mol. The summed E-state index contributed by atoms with van der Waals surface area (Å²) in [5.41, 5.74) is 1.29. The standard InChI is InChI=1S/C10H12N2S/c1-3-12-8-6-4-5-7-9(8)13-10(12)11-2/h4-7H,3H2,1-2H3/b11-10-.